The van der Waals surface area contributed by atoms with Gasteiger partial charge in [0.2, 0.25) is 11.9 Å². The summed E-state index contributed by atoms with van der Waals surface area (Å²) in [5.74, 6) is 6.31. The number of aromatic nitrogens is 6. The van der Waals surface area contributed by atoms with E-state index in [1.165, 1.54) is 17.3 Å². The molecule has 10 nitrogen and oxygen atoms in total. The molecule has 3 N–H and O–H groups in total. The van der Waals surface area contributed by atoms with Crippen LogP contribution in [0.5, 0.6) is 0 Å². The zero-order chi connectivity index (χ0) is 14.4. The van der Waals surface area contributed by atoms with E-state index in [1.807, 2.05) is 11.8 Å². The van der Waals surface area contributed by atoms with Gasteiger partial charge in [-0.15, -0.1) is 0 Å². The van der Waals surface area contributed by atoms with Gasteiger partial charge < -0.3 is 4.90 Å². The van der Waals surface area contributed by atoms with E-state index in [0.29, 0.717) is 31.4 Å². The highest BCUT2D eigenvalue weighted by Crippen LogP contribution is 2.12. The lowest BCUT2D eigenvalue weighted by Crippen LogP contribution is -2.27. The lowest BCUT2D eigenvalue weighted by molar-refractivity contribution is 0.749. The summed E-state index contributed by atoms with van der Waals surface area (Å²) in [6.07, 6.45) is 3.24. The third-order valence-corrected chi connectivity index (χ3v) is 2.52. The molecule has 2 heterocycles. The average Bonchev–Trinajstić information content (AvgIpc) is 3.02. The van der Waals surface area contributed by atoms with Crippen molar-refractivity contribution in [3.05, 3.63) is 12.7 Å². The first-order valence-corrected chi connectivity index (χ1v) is 5.98. The quantitative estimate of drug-likeness (QED) is 0.526. The number of hydrogen-bond donors (Lipinski definition) is 2. The maximum atomic E-state index is 8.68. The van der Waals surface area contributed by atoms with Crippen LogP contribution in [-0.4, -0.2) is 42.8 Å². The lowest BCUT2D eigenvalue weighted by Gasteiger charge is -2.19. The predicted octanol–water partition coefficient (Wildman–Crippen LogP) is -0.522. The number of hydrogen-bond acceptors (Lipinski definition) is 9. The van der Waals surface area contributed by atoms with Crippen LogP contribution in [0.3, 0.4) is 0 Å². The van der Waals surface area contributed by atoms with E-state index in [0.717, 1.165) is 0 Å². The monoisotopic (exact) mass is 274 g/mol. The van der Waals surface area contributed by atoms with Gasteiger partial charge in [0.05, 0.1) is 12.5 Å². The zero-order valence-electron chi connectivity index (χ0n) is 10.9. The van der Waals surface area contributed by atoms with Gasteiger partial charge in [0.25, 0.3) is 5.95 Å². The van der Waals surface area contributed by atoms with Gasteiger partial charge in [0.15, 0.2) is 0 Å². The van der Waals surface area contributed by atoms with Crippen molar-refractivity contribution in [1.29, 1.82) is 5.26 Å². The van der Waals surface area contributed by atoms with Gasteiger partial charge >= 0.3 is 0 Å². The van der Waals surface area contributed by atoms with E-state index in [2.05, 4.69) is 36.5 Å². The molecule has 10 heteroatoms. The molecule has 20 heavy (non-hydrogen) atoms. The first-order valence-electron chi connectivity index (χ1n) is 5.98. The molecule has 0 unspecified atom stereocenters. The van der Waals surface area contributed by atoms with Gasteiger partial charge in [0, 0.05) is 13.1 Å². The summed E-state index contributed by atoms with van der Waals surface area (Å²) in [7, 11) is 0. The highest BCUT2D eigenvalue weighted by Gasteiger charge is 2.13. The van der Waals surface area contributed by atoms with Crippen molar-refractivity contribution >= 4 is 11.9 Å². The normalized spacial score (nSPS) is 10.1. The molecule has 0 fully saturated rings. The second-order valence-corrected chi connectivity index (χ2v) is 3.73. The molecule has 0 saturated heterocycles. The Morgan fingerprint density at radius 3 is 2.90 bits per heavy atom. The smallest absolute Gasteiger partial charge is 0.258 e. The summed E-state index contributed by atoms with van der Waals surface area (Å²) in [6, 6.07) is 2.09. The number of hydrazine groups is 1. The number of nitriles is 1. The minimum absolute atomic E-state index is 0.218. The lowest BCUT2D eigenvalue weighted by atomic mass is 10.4. The Bertz CT molecular complexity index is 587. The SMILES string of the molecule is CCN(CCC#N)c1nc(NN)nc(-n2cncn2)n1. The Morgan fingerprint density at radius 1 is 1.45 bits per heavy atom. The first-order chi connectivity index (χ1) is 9.78. The standard InChI is InChI=1S/C10H14N10/c1-2-19(5-3-4-11)9-15-8(18-12)16-10(17-9)20-7-13-6-14-20/h6-7H,2-3,5,12H2,1H3,(H,15,16,17,18). The molecule has 0 saturated carbocycles. The molecule has 0 aliphatic heterocycles. The highest BCUT2D eigenvalue weighted by molar-refractivity contribution is 5.39. The van der Waals surface area contributed by atoms with Crippen molar-refractivity contribution in [2.45, 2.75) is 13.3 Å². The van der Waals surface area contributed by atoms with Crippen molar-refractivity contribution in [1.82, 2.24) is 29.7 Å². The van der Waals surface area contributed by atoms with Crippen LogP contribution in [0.1, 0.15) is 13.3 Å². The van der Waals surface area contributed by atoms with E-state index in [-0.39, 0.29) is 5.95 Å². The number of nitrogens with zero attached hydrogens (tertiary/aromatic N) is 8. The molecule has 0 amide bonds. The Labute approximate surface area is 115 Å². The summed E-state index contributed by atoms with van der Waals surface area (Å²) < 4.78 is 1.41. The largest absolute Gasteiger partial charge is 0.340 e. The second kappa shape index (κ2) is 6.39. The fourth-order valence-electron chi connectivity index (χ4n) is 1.56. The van der Waals surface area contributed by atoms with E-state index in [1.54, 1.807) is 0 Å². The van der Waals surface area contributed by atoms with Crippen molar-refractivity contribution in [3.63, 3.8) is 0 Å². The van der Waals surface area contributed by atoms with Gasteiger partial charge in [-0.25, -0.2) is 10.8 Å². The van der Waals surface area contributed by atoms with Crippen LogP contribution in [0.15, 0.2) is 12.7 Å². The Morgan fingerprint density at radius 2 is 2.30 bits per heavy atom. The summed E-state index contributed by atoms with van der Waals surface area (Å²) in [5.41, 5.74) is 2.39. The van der Waals surface area contributed by atoms with Crippen molar-refractivity contribution in [3.8, 4) is 12.0 Å². The van der Waals surface area contributed by atoms with Gasteiger partial charge in [-0.05, 0) is 6.92 Å². The van der Waals surface area contributed by atoms with Crippen LogP contribution in [-0.2, 0) is 0 Å². The van der Waals surface area contributed by atoms with Crippen molar-refractivity contribution < 1.29 is 0 Å². The summed E-state index contributed by atoms with van der Waals surface area (Å²) in [6.45, 7) is 3.14. The van der Waals surface area contributed by atoms with Crippen LogP contribution < -0.4 is 16.2 Å². The molecule has 0 bridgehead atoms. The molecular weight excluding hydrogens is 260 g/mol. The van der Waals surface area contributed by atoms with E-state index in [4.69, 9.17) is 11.1 Å². The highest BCUT2D eigenvalue weighted by atomic mass is 15.4. The number of nitrogen functional groups attached to an aromatic ring is 1. The van der Waals surface area contributed by atoms with Gasteiger partial charge in [-0.1, -0.05) is 0 Å². The third kappa shape index (κ3) is 2.96. The Hall–Kier alpha value is -2.80. The number of anilines is 2. The van der Waals surface area contributed by atoms with Gasteiger partial charge in [0.1, 0.15) is 12.7 Å². The topological polar surface area (TPSA) is 134 Å². The molecule has 2 aromatic heterocycles. The van der Waals surface area contributed by atoms with Crippen LogP contribution in [0, 0.1) is 11.3 Å². The Balaban J connectivity index is 2.37. The number of nitrogens with one attached hydrogen (secondary N) is 1. The maximum Gasteiger partial charge on any atom is 0.258 e. The molecule has 0 aromatic carbocycles. The van der Waals surface area contributed by atoms with Crippen LogP contribution in [0.4, 0.5) is 11.9 Å². The number of nitrogens with two attached hydrogens (primary N) is 1. The summed E-state index contributed by atoms with van der Waals surface area (Å²) in [5, 5.41) is 12.6. The molecule has 0 radical (unpaired) electrons. The van der Waals surface area contributed by atoms with Gasteiger partial charge in [-0.2, -0.15) is 30.0 Å². The number of rotatable bonds is 6. The molecule has 0 aliphatic rings. The van der Waals surface area contributed by atoms with Crippen molar-refractivity contribution in [2.75, 3.05) is 23.4 Å². The zero-order valence-corrected chi connectivity index (χ0v) is 10.9. The molecule has 0 spiro atoms. The third-order valence-electron chi connectivity index (χ3n) is 2.52. The van der Waals surface area contributed by atoms with Crippen LogP contribution in [0.2, 0.25) is 0 Å². The van der Waals surface area contributed by atoms with E-state index < -0.39 is 0 Å². The Kier molecular flexibility index (Phi) is 4.35. The molecule has 2 rings (SSSR count). The van der Waals surface area contributed by atoms with Gasteiger partial charge in [-0.3, -0.25) is 5.43 Å². The maximum absolute atomic E-state index is 8.68. The summed E-state index contributed by atoms with van der Waals surface area (Å²) >= 11 is 0. The predicted molar refractivity (Wildman–Crippen MR) is 70.7 cm³/mol. The molecule has 104 valence electrons. The van der Waals surface area contributed by atoms with Crippen molar-refractivity contribution in [2.24, 2.45) is 5.84 Å². The molecule has 0 atom stereocenters. The molecular formula is C10H14N10. The minimum atomic E-state index is 0.218. The van der Waals surface area contributed by atoms with E-state index in [9.17, 15) is 0 Å². The second-order valence-electron chi connectivity index (χ2n) is 3.73. The molecule has 2 aromatic rings. The fourth-order valence-corrected chi connectivity index (χ4v) is 1.56. The molecule has 0 aliphatic carbocycles. The first kappa shape index (κ1) is 13.6. The van der Waals surface area contributed by atoms with Crippen LogP contribution >= 0.6 is 0 Å². The summed E-state index contributed by atoms with van der Waals surface area (Å²) in [4.78, 5) is 18.3. The minimum Gasteiger partial charge on any atom is -0.340 e. The fraction of sp³-hybridized carbons (Fsp3) is 0.400. The van der Waals surface area contributed by atoms with E-state index >= 15 is 0 Å². The average molecular weight is 274 g/mol. The van der Waals surface area contributed by atoms with Crippen LogP contribution in [0.25, 0.3) is 5.95 Å².